The zero-order valence-corrected chi connectivity index (χ0v) is 14.4. The Hall–Kier alpha value is -2.74. The average Bonchev–Trinajstić information content (AvgIpc) is 3.25. The summed E-state index contributed by atoms with van der Waals surface area (Å²) in [5.74, 6) is 0.526. The van der Waals surface area contributed by atoms with Crippen molar-refractivity contribution in [3.63, 3.8) is 0 Å². The maximum atomic E-state index is 12.3. The molecule has 8 heteroatoms. The van der Waals surface area contributed by atoms with E-state index in [9.17, 15) is 9.59 Å². The highest BCUT2D eigenvalue weighted by Crippen LogP contribution is 2.32. The van der Waals surface area contributed by atoms with Crippen molar-refractivity contribution in [2.75, 3.05) is 19.0 Å². The van der Waals surface area contributed by atoms with Gasteiger partial charge in [-0.1, -0.05) is 0 Å². The molecule has 0 atom stereocenters. The van der Waals surface area contributed by atoms with Gasteiger partial charge in [-0.25, -0.2) is 9.99 Å². The number of nitrogens with one attached hydrogen (secondary N) is 1. The molecule has 0 saturated heterocycles. The molecule has 3 heterocycles. The minimum absolute atomic E-state index is 0.0892. The predicted octanol–water partition coefficient (Wildman–Crippen LogP) is 2.29. The fourth-order valence-corrected chi connectivity index (χ4v) is 3.53. The Morgan fingerprint density at radius 1 is 1.32 bits per heavy atom. The molecular formula is C17H16N4O3S. The van der Waals surface area contributed by atoms with Crippen molar-refractivity contribution in [3.8, 4) is 17.0 Å². The van der Waals surface area contributed by atoms with Crippen LogP contribution >= 0.6 is 11.3 Å². The molecule has 2 amide bonds. The number of hydrogen-bond acceptors (Lipinski definition) is 6. The molecule has 1 aromatic carbocycles. The number of anilines is 1. The molecule has 0 spiro atoms. The van der Waals surface area contributed by atoms with Crippen molar-refractivity contribution in [2.24, 2.45) is 5.10 Å². The van der Waals surface area contributed by atoms with E-state index in [2.05, 4.69) is 21.5 Å². The minimum atomic E-state index is -0.317. The summed E-state index contributed by atoms with van der Waals surface area (Å²) in [6.07, 6.45) is 1.55. The summed E-state index contributed by atoms with van der Waals surface area (Å²) in [5, 5.41) is 10.4. The van der Waals surface area contributed by atoms with E-state index in [1.54, 1.807) is 7.05 Å². The van der Waals surface area contributed by atoms with Crippen molar-refractivity contribution < 1.29 is 14.3 Å². The average molecular weight is 356 g/mol. The van der Waals surface area contributed by atoms with Crippen LogP contribution in [0.1, 0.15) is 18.4 Å². The number of aromatic nitrogens is 1. The van der Waals surface area contributed by atoms with Gasteiger partial charge in [-0.05, 0) is 23.8 Å². The van der Waals surface area contributed by atoms with Crippen LogP contribution in [0.25, 0.3) is 11.3 Å². The fourth-order valence-electron chi connectivity index (χ4n) is 2.81. The molecule has 0 bridgehead atoms. The van der Waals surface area contributed by atoms with Crippen LogP contribution in [0.2, 0.25) is 0 Å². The Labute approximate surface area is 148 Å². The van der Waals surface area contributed by atoms with Crippen LogP contribution in [-0.4, -0.2) is 41.2 Å². The number of hydrazone groups is 1. The van der Waals surface area contributed by atoms with Gasteiger partial charge < -0.3 is 4.74 Å². The van der Waals surface area contributed by atoms with E-state index in [0.717, 1.165) is 30.0 Å². The number of ether oxygens (including phenoxy) is 1. The molecule has 0 fully saturated rings. The molecule has 7 nitrogen and oxygen atoms in total. The second-order valence-corrected chi connectivity index (χ2v) is 6.74. The van der Waals surface area contributed by atoms with Gasteiger partial charge >= 0.3 is 0 Å². The smallest absolute Gasteiger partial charge is 0.273 e. The van der Waals surface area contributed by atoms with E-state index in [4.69, 9.17) is 4.74 Å². The number of nitrogens with zero attached hydrogens (tertiary/aromatic N) is 3. The van der Waals surface area contributed by atoms with Crippen LogP contribution in [0.4, 0.5) is 5.13 Å². The number of hydrogen-bond donors (Lipinski definition) is 1. The fraction of sp³-hybridized carbons (Fsp3) is 0.294. The highest BCUT2D eigenvalue weighted by atomic mass is 32.1. The number of benzene rings is 1. The number of carbonyl (C=O) groups excluding carboxylic acids is 2. The molecule has 2 aliphatic heterocycles. The third-order valence-corrected chi connectivity index (χ3v) is 4.94. The molecule has 1 N–H and O–H groups in total. The maximum Gasteiger partial charge on any atom is 0.273 e. The summed E-state index contributed by atoms with van der Waals surface area (Å²) >= 11 is 1.36. The molecule has 1 aromatic heterocycles. The van der Waals surface area contributed by atoms with Crippen molar-refractivity contribution in [3.05, 3.63) is 29.1 Å². The van der Waals surface area contributed by atoms with E-state index in [1.165, 1.54) is 21.9 Å². The third kappa shape index (κ3) is 3.12. The van der Waals surface area contributed by atoms with Gasteiger partial charge in [0.05, 0.1) is 12.3 Å². The lowest BCUT2D eigenvalue weighted by atomic mass is 10.1. The number of rotatable bonds is 3. The third-order valence-electron chi connectivity index (χ3n) is 4.18. The van der Waals surface area contributed by atoms with Crippen molar-refractivity contribution in [2.45, 2.75) is 19.3 Å². The first-order valence-electron chi connectivity index (χ1n) is 7.97. The molecule has 2 aliphatic rings. The van der Waals surface area contributed by atoms with Crippen LogP contribution in [0.5, 0.6) is 5.75 Å². The Kier molecular flexibility index (Phi) is 3.96. The Bertz CT molecular complexity index is 890. The lowest BCUT2D eigenvalue weighted by Crippen LogP contribution is -2.34. The predicted molar refractivity (Wildman–Crippen MR) is 94.8 cm³/mol. The largest absolute Gasteiger partial charge is 0.493 e. The van der Waals surface area contributed by atoms with Crippen LogP contribution in [-0.2, 0) is 16.0 Å². The SMILES string of the molecule is CN1N=C(C(=O)Nc2nc(-c3ccc4c(c3)CCO4)cs2)CCC1=O. The summed E-state index contributed by atoms with van der Waals surface area (Å²) in [6.45, 7) is 0.718. The van der Waals surface area contributed by atoms with Gasteiger partial charge in [0.1, 0.15) is 11.5 Å². The molecule has 0 aliphatic carbocycles. The van der Waals surface area contributed by atoms with Crippen LogP contribution in [0.15, 0.2) is 28.7 Å². The van der Waals surface area contributed by atoms with Crippen LogP contribution in [0.3, 0.4) is 0 Å². The zero-order valence-electron chi connectivity index (χ0n) is 13.6. The summed E-state index contributed by atoms with van der Waals surface area (Å²) < 4.78 is 5.51. The van der Waals surface area contributed by atoms with E-state index in [0.29, 0.717) is 23.7 Å². The standard InChI is InChI=1S/C17H16N4O3S/c1-21-15(22)5-3-12(20-21)16(23)19-17-18-13(9-25-17)10-2-4-14-11(8-10)6-7-24-14/h2,4,8-9H,3,5-7H2,1H3,(H,18,19,23). The van der Waals surface area contributed by atoms with E-state index in [1.807, 2.05) is 17.5 Å². The number of amides is 2. The molecule has 0 radical (unpaired) electrons. The Balaban J connectivity index is 1.49. The molecule has 0 unspecified atom stereocenters. The topological polar surface area (TPSA) is 83.9 Å². The highest BCUT2D eigenvalue weighted by Gasteiger charge is 2.22. The van der Waals surface area contributed by atoms with E-state index >= 15 is 0 Å². The van der Waals surface area contributed by atoms with Crippen molar-refractivity contribution in [1.29, 1.82) is 0 Å². The molecule has 128 valence electrons. The van der Waals surface area contributed by atoms with Crippen molar-refractivity contribution >= 4 is 34.0 Å². The van der Waals surface area contributed by atoms with Gasteiger partial charge in [-0.3, -0.25) is 14.9 Å². The second-order valence-electron chi connectivity index (χ2n) is 5.88. The number of thiazole rings is 1. The number of carbonyl (C=O) groups is 2. The van der Waals surface area contributed by atoms with Gasteiger partial charge in [0, 0.05) is 37.3 Å². The molecule has 25 heavy (non-hydrogen) atoms. The minimum Gasteiger partial charge on any atom is -0.493 e. The monoisotopic (exact) mass is 356 g/mol. The lowest BCUT2D eigenvalue weighted by Gasteiger charge is -2.18. The zero-order chi connectivity index (χ0) is 17.4. The Morgan fingerprint density at radius 3 is 3.04 bits per heavy atom. The van der Waals surface area contributed by atoms with E-state index < -0.39 is 0 Å². The molecular weight excluding hydrogens is 340 g/mol. The van der Waals surface area contributed by atoms with Gasteiger partial charge in [-0.2, -0.15) is 5.10 Å². The summed E-state index contributed by atoms with van der Waals surface area (Å²) in [6, 6.07) is 6.00. The van der Waals surface area contributed by atoms with Crippen molar-refractivity contribution in [1.82, 2.24) is 9.99 Å². The highest BCUT2D eigenvalue weighted by molar-refractivity contribution is 7.14. The summed E-state index contributed by atoms with van der Waals surface area (Å²) in [7, 11) is 1.55. The second kappa shape index (κ2) is 6.29. The normalized spacial score (nSPS) is 16.3. The first-order valence-corrected chi connectivity index (χ1v) is 8.85. The van der Waals surface area contributed by atoms with Gasteiger partial charge in [0.2, 0.25) is 5.91 Å². The summed E-state index contributed by atoms with van der Waals surface area (Å²) in [4.78, 5) is 28.2. The Morgan fingerprint density at radius 2 is 2.20 bits per heavy atom. The molecule has 2 aromatic rings. The molecule has 0 saturated carbocycles. The number of fused-ring (bicyclic) bond motifs is 1. The molecule has 4 rings (SSSR count). The first kappa shape index (κ1) is 15.8. The van der Waals surface area contributed by atoms with Crippen LogP contribution in [0, 0.1) is 0 Å². The first-order chi connectivity index (χ1) is 12.1. The quantitative estimate of drug-likeness (QED) is 0.914. The van der Waals surface area contributed by atoms with Gasteiger partial charge in [0.25, 0.3) is 5.91 Å². The lowest BCUT2D eigenvalue weighted by molar-refractivity contribution is -0.130. The maximum absolute atomic E-state index is 12.3. The van der Waals surface area contributed by atoms with E-state index in [-0.39, 0.29) is 11.8 Å². The van der Waals surface area contributed by atoms with Gasteiger partial charge in [0.15, 0.2) is 5.13 Å². The van der Waals surface area contributed by atoms with Gasteiger partial charge in [-0.15, -0.1) is 11.3 Å². The van der Waals surface area contributed by atoms with Crippen LogP contribution < -0.4 is 10.1 Å². The summed E-state index contributed by atoms with van der Waals surface area (Å²) in [5.41, 5.74) is 3.34.